The Morgan fingerprint density at radius 3 is 1.78 bits per heavy atom. The Morgan fingerprint density at radius 1 is 0.783 bits per heavy atom. The molecule has 2 rings (SSSR count). The zero-order valence-electron chi connectivity index (χ0n) is 13.1. The fourth-order valence-electron chi connectivity index (χ4n) is 1.93. The molecule has 6 heteroatoms. The highest BCUT2D eigenvalue weighted by Gasteiger charge is 2.03. The minimum absolute atomic E-state index is 0.285. The maximum absolute atomic E-state index is 11.1. The largest absolute Gasteiger partial charge is 0.497 e. The number of hydrogen-bond acceptors (Lipinski definition) is 5. The quantitative estimate of drug-likeness (QED) is 0.599. The van der Waals surface area contributed by atoms with Crippen LogP contribution in [0.25, 0.3) is 12.2 Å². The zero-order valence-corrected chi connectivity index (χ0v) is 14.0. The van der Waals surface area contributed by atoms with Crippen LogP contribution in [0.1, 0.15) is 11.1 Å². The highest BCUT2D eigenvalue weighted by Crippen LogP contribution is 2.24. The highest BCUT2D eigenvalue weighted by atomic mass is 32.2. The summed E-state index contributed by atoms with van der Waals surface area (Å²) in [7, 11) is -0.307. The standard InChI is InChI=1S/C17H18O5S/c1-20-16-10-14(11-17(12-16)21-2)5-4-13-6-8-15(9-7-13)22-23(3,18)19/h4-12H,1-3H3/b5-4+. The number of ether oxygens (including phenoxy) is 2. The summed E-state index contributed by atoms with van der Waals surface area (Å²) in [6.07, 6.45) is 4.83. The van der Waals surface area contributed by atoms with Gasteiger partial charge in [0.1, 0.15) is 17.2 Å². The molecule has 0 saturated carbocycles. The van der Waals surface area contributed by atoms with Crippen LogP contribution in [-0.4, -0.2) is 28.9 Å². The van der Waals surface area contributed by atoms with Crippen molar-refractivity contribution in [3.8, 4) is 17.2 Å². The van der Waals surface area contributed by atoms with Crippen LogP contribution in [0.15, 0.2) is 42.5 Å². The van der Waals surface area contributed by atoms with Gasteiger partial charge in [0.05, 0.1) is 20.5 Å². The normalized spacial score (nSPS) is 11.4. The second kappa shape index (κ2) is 7.19. The van der Waals surface area contributed by atoms with Crippen molar-refractivity contribution in [2.45, 2.75) is 0 Å². The van der Waals surface area contributed by atoms with Gasteiger partial charge in [-0.2, -0.15) is 8.42 Å². The van der Waals surface area contributed by atoms with Crippen LogP contribution in [0.3, 0.4) is 0 Å². The molecule has 23 heavy (non-hydrogen) atoms. The average Bonchev–Trinajstić information content (AvgIpc) is 2.52. The van der Waals surface area contributed by atoms with Crippen molar-refractivity contribution in [2.75, 3.05) is 20.5 Å². The minimum atomic E-state index is -3.51. The van der Waals surface area contributed by atoms with Crippen LogP contribution in [0.5, 0.6) is 17.2 Å². The molecular weight excluding hydrogens is 316 g/mol. The van der Waals surface area contributed by atoms with E-state index in [1.165, 1.54) is 0 Å². The highest BCUT2D eigenvalue weighted by molar-refractivity contribution is 7.86. The van der Waals surface area contributed by atoms with Crippen molar-refractivity contribution < 1.29 is 22.1 Å². The lowest BCUT2D eigenvalue weighted by atomic mass is 10.1. The van der Waals surface area contributed by atoms with Crippen molar-refractivity contribution in [2.24, 2.45) is 0 Å². The van der Waals surface area contributed by atoms with E-state index < -0.39 is 10.1 Å². The van der Waals surface area contributed by atoms with E-state index in [0.29, 0.717) is 11.5 Å². The third kappa shape index (κ3) is 5.34. The van der Waals surface area contributed by atoms with E-state index >= 15 is 0 Å². The van der Waals surface area contributed by atoms with Gasteiger partial charge in [0, 0.05) is 6.07 Å². The molecule has 2 aromatic rings. The number of benzene rings is 2. The van der Waals surface area contributed by atoms with Gasteiger partial charge in [-0.05, 0) is 35.4 Å². The predicted molar refractivity (Wildman–Crippen MR) is 90.4 cm³/mol. The van der Waals surface area contributed by atoms with E-state index in [0.717, 1.165) is 17.4 Å². The summed E-state index contributed by atoms with van der Waals surface area (Å²) in [4.78, 5) is 0. The van der Waals surface area contributed by atoms with Crippen LogP contribution in [-0.2, 0) is 10.1 Å². The third-order valence-corrected chi connectivity index (χ3v) is 3.46. The Kier molecular flexibility index (Phi) is 5.28. The Bertz CT molecular complexity index is 770. The second-order valence-electron chi connectivity index (χ2n) is 4.84. The van der Waals surface area contributed by atoms with Gasteiger partial charge < -0.3 is 13.7 Å². The first-order valence-electron chi connectivity index (χ1n) is 6.80. The molecule has 0 aliphatic carbocycles. The fraction of sp³-hybridized carbons (Fsp3) is 0.176. The van der Waals surface area contributed by atoms with E-state index in [1.807, 2.05) is 24.3 Å². The van der Waals surface area contributed by atoms with Gasteiger partial charge in [-0.1, -0.05) is 24.3 Å². The molecule has 0 saturated heterocycles. The van der Waals surface area contributed by atoms with Gasteiger partial charge >= 0.3 is 10.1 Å². The minimum Gasteiger partial charge on any atom is -0.497 e. The molecule has 0 fully saturated rings. The van der Waals surface area contributed by atoms with Crippen LogP contribution in [0.4, 0.5) is 0 Å². The lowest BCUT2D eigenvalue weighted by Crippen LogP contribution is -2.05. The molecule has 0 aliphatic rings. The Balaban J connectivity index is 2.17. The number of methoxy groups -OCH3 is 2. The van der Waals surface area contributed by atoms with Crippen molar-refractivity contribution in [3.63, 3.8) is 0 Å². The zero-order chi connectivity index (χ0) is 16.9. The summed E-state index contributed by atoms with van der Waals surface area (Å²) in [5.41, 5.74) is 1.84. The predicted octanol–water partition coefficient (Wildman–Crippen LogP) is 3.21. The molecule has 0 N–H and O–H groups in total. The maximum Gasteiger partial charge on any atom is 0.306 e. The molecule has 122 valence electrons. The Labute approximate surface area is 136 Å². The lowest BCUT2D eigenvalue weighted by Gasteiger charge is -2.06. The molecule has 5 nitrogen and oxygen atoms in total. The maximum atomic E-state index is 11.1. The summed E-state index contributed by atoms with van der Waals surface area (Å²) in [6, 6.07) is 12.3. The molecule has 0 aliphatic heterocycles. The van der Waals surface area contributed by atoms with Gasteiger partial charge in [-0.25, -0.2) is 0 Å². The third-order valence-electron chi connectivity index (χ3n) is 2.97. The van der Waals surface area contributed by atoms with E-state index in [2.05, 4.69) is 0 Å². The summed E-state index contributed by atoms with van der Waals surface area (Å²) in [5.74, 6) is 1.70. The van der Waals surface area contributed by atoms with E-state index in [9.17, 15) is 8.42 Å². The first kappa shape index (κ1) is 16.9. The van der Waals surface area contributed by atoms with Gasteiger partial charge in [0.15, 0.2) is 0 Å². The molecule has 0 bridgehead atoms. The SMILES string of the molecule is COc1cc(/C=C/c2ccc(OS(C)(=O)=O)cc2)cc(OC)c1. The van der Waals surface area contributed by atoms with Crippen LogP contribution in [0, 0.1) is 0 Å². The first-order valence-corrected chi connectivity index (χ1v) is 8.62. The molecule has 0 spiro atoms. The van der Waals surface area contributed by atoms with Crippen LogP contribution in [0.2, 0.25) is 0 Å². The van der Waals surface area contributed by atoms with E-state index in [1.54, 1.807) is 44.6 Å². The van der Waals surface area contributed by atoms with Crippen molar-refractivity contribution >= 4 is 22.3 Å². The second-order valence-corrected chi connectivity index (χ2v) is 6.41. The van der Waals surface area contributed by atoms with Gasteiger partial charge in [-0.3, -0.25) is 0 Å². The first-order chi connectivity index (χ1) is 10.9. The summed E-state index contributed by atoms with van der Waals surface area (Å²) >= 11 is 0. The topological polar surface area (TPSA) is 61.8 Å². The van der Waals surface area contributed by atoms with E-state index in [-0.39, 0.29) is 5.75 Å². The van der Waals surface area contributed by atoms with Crippen molar-refractivity contribution in [1.29, 1.82) is 0 Å². The molecule has 0 atom stereocenters. The number of hydrogen-bond donors (Lipinski definition) is 0. The number of rotatable bonds is 6. The summed E-state index contributed by atoms with van der Waals surface area (Å²) in [5, 5.41) is 0. The molecule has 0 aromatic heterocycles. The van der Waals surface area contributed by atoms with Gasteiger partial charge in [0.2, 0.25) is 0 Å². The summed E-state index contributed by atoms with van der Waals surface area (Å²) < 4.78 is 37.4. The van der Waals surface area contributed by atoms with Crippen molar-refractivity contribution in [1.82, 2.24) is 0 Å². The molecule has 0 unspecified atom stereocenters. The molecule has 2 aromatic carbocycles. The molecule has 0 heterocycles. The summed E-state index contributed by atoms with van der Waals surface area (Å²) in [6.45, 7) is 0. The lowest BCUT2D eigenvalue weighted by molar-refractivity contribution is 0.394. The Morgan fingerprint density at radius 2 is 1.30 bits per heavy atom. The Hall–Kier alpha value is -2.47. The molecule has 0 amide bonds. The average molecular weight is 334 g/mol. The monoisotopic (exact) mass is 334 g/mol. The van der Waals surface area contributed by atoms with Crippen molar-refractivity contribution in [3.05, 3.63) is 53.6 Å². The molecular formula is C17H18O5S. The van der Waals surface area contributed by atoms with Crippen LogP contribution < -0.4 is 13.7 Å². The smallest absolute Gasteiger partial charge is 0.306 e. The van der Waals surface area contributed by atoms with Gasteiger partial charge in [0.25, 0.3) is 0 Å². The van der Waals surface area contributed by atoms with E-state index in [4.69, 9.17) is 13.7 Å². The molecule has 0 radical (unpaired) electrons. The fourth-order valence-corrected chi connectivity index (χ4v) is 2.39. The van der Waals surface area contributed by atoms with Gasteiger partial charge in [-0.15, -0.1) is 0 Å². The van der Waals surface area contributed by atoms with Crippen LogP contribution >= 0.6 is 0 Å².